The van der Waals surface area contributed by atoms with E-state index in [0.717, 1.165) is 12.8 Å². The Bertz CT molecular complexity index is 766. The van der Waals surface area contributed by atoms with E-state index >= 15 is 0 Å². The van der Waals surface area contributed by atoms with E-state index in [1.807, 2.05) is 0 Å². The molecule has 2 saturated carbocycles. The SMILES string of the molecule is CC(C(=O)O)C1C2CC(Oc3ccnc4ccc(F)cc34)CC21. The summed E-state index contributed by atoms with van der Waals surface area (Å²) in [7, 11) is 0. The first-order valence-corrected chi connectivity index (χ1v) is 7.98. The van der Waals surface area contributed by atoms with Crippen molar-refractivity contribution in [3.05, 3.63) is 36.3 Å². The zero-order valence-electron chi connectivity index (χ0n) is 12.8. The number of aliphatic carboxylic acids is 1. The minimum atomic E-state index is -0.711. The van der Waals surface area contributed by atoms with Crippen LogP contribution in [0.25, 0.3) is 10.9 Å². The van der Waals surface area contributed by atoms with E-state index in [1.165, 1.54) is 12.1 Å². The van der Waals surface area contributed by atoms with Gasteiger partial charge in [0.1, 0.15) is 11.6 Å². The van der Waals surface area contributed by atoms with Gasteiger partial charge in [0, 0.05) is 11.6 Å². The summed E-state index contributed by atoms with van der Waals surface area (Å²) < 4.78 is 19.6. The standard InChI is InChI=1S/C18H18FNO3/c1-9(18(21)22)17-12-7-11(8-13(12)17)23-16-4-5-20-15-3-2-10(19)6-14(15)16/h2-6,9,11-13,17H,7-8H2,1H3,(H,21,22). The lowest BCUT2D eigenvalue weighted by atomic mass is 9.98. The quantitative estimate of drug-likeness (QED) is 0.938. The van der Waals surface area contributed by atoms with Crippen LogP contribution in [0.4, 0.5) is 4.39 Å². The third-order valence-electron chi connectivity index (χ3n) is 5.39. The Kier molecular flexibility index (Phi) is 3.25. The van der Waals surface area contributed by atoms with Crippen molar-refractivity contribution in [1.82, 2.24) is 4.98 Å². The largest absolute Gasteiger partial charge is 0.490 e. The molecule has 1 heterocycles. The number of benzene rings is 1. The van der Waals surface area contributed by atoms with E-state index in [-0.39, 0.29) is 17.8 Å². The molecule has 3 atom stereocenters. The fourth-order valence-electron chi connectivity index (χ4n) is 4.22. The van der Waals surface area contributed by atoms with Gasteiger partial charge in [-0.15, -0.1) is 0 Å². The number of nitrogens with zero attached hydrogens (tertiary/aromatic N) is 1. The second kappa shape index (κ2) is 5.18. The molecule has 4 nitrogen and oxygen atoms in total. The smallest absolute Gasteiger partial charge is 0.306 e. The first-order chi connectivity index (χ1) is 11.0. The van der Waals surface area contributed by atoms with Gasteiger partial charge in [0.2, 0.25) is 0 Å². The Morgan fingerprint density at radius 3 is 2.78 bits per heavy atom. The maximum Gasteiger partial charge on any atom is 0.306 e. The molecule has 2 aliphatic carbocycles. The van der Waals surface area contributed by atoms with E-state index in [0.29, 0.717) is 34.4 Å². The van der Waals surface area contributed by atoms with Crippen molar-refractivity contribution >= 4 is 16.9 Å². The zero-order valence-corrected chi connectivity index (χ0v) is 12.8. The Labute approximate surface area is 133 Å². The number of carbonyl (C=O) groups is 1. The molecule has 0 radical (unpaired) electrons. The van der Waals surface area contributed by atoms with Crippen LogP contribution < -0.4 is 4.74 Å². The van der Waals surface area contributed by atoms with Gasteiger partial charge in [-0.3, -0.25) is 9.78 Å². The number of carboxylic acid groups (broad SMARTS) is 1. The van der Waals surface area contributed by atoms with E-state index in [2.05, 4.69) is 4.98 Å². The lowest BCUT2D eigenvalue weighted by Gasteiger charge is -2.19. The molecule has 3 unspecified atom stereocenters. The molecular formula is C18H18FNO3. The first kappa shape index (κ1) is 14.4. The van der Waals surface area contributed by atoms with Crippen LogP contribution >= 0.6 is 0 Å². The van der Waals surface area contributed by atoms with Crippen LogP contribution in [0.2, 0.25) is 0 Å². The summed E-state index contributed by atoms with van der Waals surface area (Å²) in [6.07, 6.45) is 3.51. The molecule has 2 aliphatic rings. The molecule has 0 aliphatic heterocycles. The average molecular weight is 315 g/mol. The van der Waals surface area contributed by atoms with Crippen molar-refractivity contribution < 1.29 is 19.0 Å². The van der Waals surface area contributed by atoms with E-state index < -0.39 is 5.97 Å². The van der Waals surface area contributed by atoms with Gasteiger partial charge in [0.25, 0.3) is 0 Å². The van der Waals surface area contributed by atoms with Crippen molar-refractivity contribution in [3.8, 4) is 5.75 Å². The number of aromatic nitrogens is 1. The van der Waals surface area contributed by atoms with Gasteiger partial charge >= 0.3 is 5.97 Å². The number of halogens is 1. The predicted octanol–water partition coefficient (Wildman–Crippen LogP) is 3.50. The molecule has 1 aromatic carbocycles. The number of hydrogen-bond donors (Lipinski definition) is 1. The van der Waals surface area contributed by atoms with Gasteiger partial charge in [-0.05, 0) is 54.9 Å². The van der Waals surface area contributed by atoms with Crippen LogP contribution in [0.1, 0.15) is 19.8 Å². The number of rotatable bonds is 4. The molecule has 0 spiro atoms. The molecule has 1 aromatic heterocycles. The van der Waals surface area contributed by atoms with Crippen molar-refractivity contribution in [2.24, 2.45) is 23.7 Å². The fraction of sp³-hybridized carbons (Fsp3) is 0.444. The monoisotopic (exact) mass is 315 g/mol. The number of ether oxygens (including phenoxy) is 1. The van der Waals surface area contributed by atoms with Gasteiger partial charge in [-0.2, -0.15) is 0 Å². The van der Waals surface area contributed by atoms with Crippen molar-refractivity contribution in [2.45, 2.75) is 25.9 Å². The summed E-state index contributed by atoms with van der Waals surface area (Å²) >= 11 is 0. The molecule has 0 saturated heterocycles. The molecule has 4 rings (SSSR count). The normalized spacial score (nSPS) is 30.0. The third kappa shape index (κ3) is 2.44. The average Bonchev–Trinajstić information content (AvgIpc) is 3.02. The summed E-state index contributed by atoms with van der Waals surface area (Å²) in [5.41, 5.74) is 0.712. The minimum absolute atomic E-state index is 0.0797. The first-order valence-electron chi connectivity index (χ1n) is 7.98. The van der Waals surface area contributed by atoms with Gasteiger partial charge < -0.3 is 9.84 Å². The molecule has 2 aromatic rings. The zero-order chi connectivity index (χ0) is 16.1. The highest BCUT2D eigenvalue weighted by molar-refractivity contribution is 5.84. The molecule has 5 heteroatoms. The highest BCUT2D eigenvalue weighted by Gasteiger charge is 2.59. The fourth-order valence-corrected chi connectivity index (χ4v) is 4.22. The molecule has 120 valence electrons. The van der Waals surface area contributed by atoms with Crippen LogP contribution in [-0.4, -0.2) is 22.2 Å². The minimum Gasteiger partial charge on any atom is -0.490 e. The summed E-state index contributed by atoms with van der Waals surface area (Å²) in [6.45, 7) is 1.79. The predicted molar refractivity (Wildman–Crippen MR) is 82.6 cm³/mol. The summed E-state index contributed by atoms with van der Waals surface area (Å²) in [4.78, 5) is 15.3. The van der Waals surface area contributed by atoms with Crippen LogP contribution in [0.15, 0.2) is 30.5 Å². The van der Waals surface area contributed by atoms with Crippen LogP contribution in [0, 0.1) is 29.5 Å². The Balaban J connectivity index is 1.48. The topological polar surface area (TPSA) is 59.4 Å². The Morgan fingerprint density at radius 2 is 2.09 bits per heavy atom. The number of pyridine rings is 1. The van der Waals surface area contributed by atoms with E-state index in [9.17, 15) is 9.18 Å². The Morgan fingerprint density at radius 1 is 1.35 bits per heavy atom. The highest BCUT2D eigenvalue weighted by atomic mass is 19.1. The van der Waals surface area contributed by atoms with E-state index in [4.69, 9.17) is 9.84 Å². The Hall–Kier alpha value is -2.17. The van der Waals surface area contributed by atoms with Gasteiger partial charge in [-0.25, -0.2) is 4.39 Å². The molecule has 2 fully saturated rings. The van der Waals surface area contributed by atoms with Crippen LogP contribution in [-0.2, 0) is 4.79 Å². The van der Waals surface area contributed by atoms with Crippen LogP contribution in [0.5, 0.6) is 5.75 Å². The number of carboxylic acids is 1. The van der Waals surface area contributed by atoms with Crippen LogP contribution in [0.3, 0.4) is 0 Å². The van der Waals surface area contributed by atoms with E-state index in [1.54, 1.807) is 25.3 Å². The van der Waals surface area contributed by atoms with Gasteiger partial charge in [0.15, 0.2) is 0 Å². The molecule has 23 heavy (non-hydrogen) atoms. The molecule has 1 N–H and O–H groups in total. The number of fused-ring (bicyclic) bond motifs is 2. The van der Waals surface area contributed by atoms with Gasteiger partial charge in [0.05, 0.1) is 17.5 Å². The maximum atomic E-state index is 13.5. The molecule has 0 amide bonds. The van der Waals surface area contributed by atoms with Crippen molar-refractivity contribution in [1.29, 1.82) is 0 Å². The number of hydrogen-bond acceptors (Lipinski definition) is 3. The van der Waals surface area contributed by atoms with Crippen molar-refractivity contribution in [3.63, 3.8) is 0 Å². The highest BCUT2D eigenvalue weighted by Crippen LogP contribution is 2.61. The second-order valence-electron chi connectivity index (χ2n) is 6.71. The van der Waals surface area contributed by atoms with Crippen molar-refractivity contribution in [2.75, 3.05) is 0 Å². The van der Waals surface area contributed by atoms with Gasteiger partial charge in [-0.1, -0.05) is 6.92 Å². The maximum absolute atomic E-state index is 13.5. The summed E-state index contributed by atoms with van der Waals surface area (Å²) in [5, 5.41) is 9.80. The molecule has 0 bridgehead atoms. The summed E-state index contributed by atoms with van der Waals surface area (Å²) in [5.74, 6) is 0.564. The lowest BCUT2D eigenvalue weighted by Crippen LogP contribution is -2.20. The summed E-state index contributed by atoms with van der Waals surface area (Å²) in [6, 6.07) is 6.25. The lowest BCUT2D eigenvalue weighted by molar-refractivity contribution is -0.142. The second-order valence-corrected chi connectivity index (χ2v) is 6.71. The third-order valence-corrected chi connectivity index (χ3v) is 5.39. The molecular weight excluding hydrogens is 297 g/mol.